The Morgan fingerprint density at radius 2 is 1.62 bits per heavy atom. The summed E-state index contributed by atoms with van der Waals surface area (Å²) in [6.07, 6.45) is 6.34. The Balaban J connectivity index is 1.49. The van der Waals surface area contributed by atoms with Crippen molar-refractivity contribution >= 4 is 29.7 Å². The highest BCUT2D eigenvalue weighted by molar-refractivity contribution is 5.97. The number of hydrogen-bond acceptors (Lipinski definition) is 4. The largest absolute Gasteiger partial charge is 0.382 e. The molecule has 0 radical (unpaired) electrons. The number of rotatable bonds is 11. The molecule has 1 aliphatic heterocycles. The molecule has 170 valence electrons. The maximum Gasteiger partial charge on any atom is 0.227 e. The lowest BCUT2D eigenvalue weighted by Gasteiger charge is -2.27. The lowest BCUT2D eigenvalue weighted by molar-refractivity contribution is -0.122. The predicted molar refractivity (Wildman–Crippen MR) is 127 cm³/mol. The number of hydrogen-bond donors (Lipinski definition) is 1. The van der Waals surface area contributed by atoms with Crippen molar-refractivity contribution < 1.29 is 19.1 Å². The summed E-state index contributed by atoms with van der Waals surface area (Å²) in [6.45, 7) is 2.57. The van der Waals surface area contributed by atoms with Gasteiger partial charge in [-0.1, -0.05) is 54.6 Å². The van der Waals surface area contributed by atoms with Crippen LogP contribution in [-0.2, 0) is 25.6 Å². The summed E-state index contributed by atoms with van der Waals surface area (Å²) < 4.78 is 10.2. The Morgan fingerprint density at radius 1 is 0.906 bits per heavy atom. The molecule has 0 fully saturated rings. The quantitative estimate of drug-likeness (QED) is 0.540. The van der Waals surface area contributed by atoms with Crippen molar-refractivity contribution in [1.29, 1.82) is 0 Å². The smallest absolute Gasteiger partial charge is 0.227 e. The minimum atomic E-state index is -0.0107. The fourth-order valence-electron chi connectivity index (χ4n) is 3.66. The van der Waals surface area contributed by atoms with Crippen LogP contribution in [0.4, 0.5) is 5.69 Å². The number of carbonyl (C=O) groups excluding carboxylic acids is 2. The third-order valence-corrected chi connectivity index (χ3v) is 5.40. The molecule has 0 spiro atoms. The second-order valence-corrected chi connectivity index (χ2v) is 7.73. The van der Waals surface area contributed by atoms with E-state index >= 15 is 0 Å². The van der Waals surface area contributed by atoms with E-state index in [4.69, 9.17) is 9.47 Å². The van der Waals surface area contributed by atoms with Gasteiger partial charge in [0.2, 0.25) is 11.8 Å². The van der Waals surface area contributed by atoms with Gasteiger partial charge < -0.3 is 19.7 Å². The monoisotopic (exact) mass is 436 g/mol. The minimum Gasteiger partial charge on any atom is -0.382 e. The normalized spacial score (nSPS) is 13.5. The third kappa shape index (κ3) is 7.04. The van der Waals surface area contributed by atoms with E-state index in [1.165, 1.54) is 0 Å². The standard InChI is InChI=1S/C26H32N2O4/c1-31-18-19-32-17-16-27-25(29)12-6-7-13-26(30)28-20-23-10-3-2-8-21(23)14-15-22-9-4-5-11-24(22)28/h2-5,8-11,14-15H,6-7,12-13,16-20H2,1H3,(H,27,29)/b15-14-. The molecule has 0 aromatic heterocycles. The average molecular weight is 437 g/mol. The molecule has 0 bridgehead atoms. The van der Waals surface area contributed by atoms with Gasteiger partial charge in [-0.3, -0.25) is 9.59 Å². The highest BCUT2D eigenvalue weighted by Crippen LogP contribution is 2.29. The molecule has 0 atom stereocenters. The summed E-state index contributed by atoms with van der Waals surface area (Å²) >= 11 is 0. The van der Waals surface area contributed by atoms with E-state index in [0.717, 1.165) is 22.4 Å². The zero-order valence-corrected chi connectivity index (χ0v) is 18.7. The van der Waals surface area contributed by atoms with Gasteiger partial charge in [0.1, 0.15) is 0 Å². The molecule has 0 unspecified atom stereocenters. The van der Waals surface area contributed by atoms with Crippen LogP contribution in [0.15, 0.2) is 48.5 Å². The fraction of sp³-hybridized carbons (Fsp3) is 0.385. The van der Waals surface area contributed by atoms with Crippen LogP contribution in [-0.4, -0.2) is 45.3 Å². The lowest BCUT2D eigenvalue weighted by atomic mass is 10.0. The summed E-state index contributed by atoms with van der Waals surface area (Å²) in [4.78, 5) is 27.0. The number of para-hydroxylation sites is 1. The second kappa shape index (κ2) is 12.8. The first-order valence-corrected chi connectivity index (χ1v) is 11.2. The molecular weight excluding hydrogens is 404 g/mol. The first-order chi connectivity index (χ1) is 15.7. The number of amides is 2. The number of benzene rings is 2. The Kier molecular flexibility index (Phi) is 9.47. The predicted octanol–water partition coefficient (Wildman–Crippen LogP) is 4.04. The van der Waals surface area contributed by atoms with Crippen LogP contribution < -0.4 is 10.2 Å². The van der Waals surface area contributed by atoms with E-state index in [2.05, 4.69) is 29.6 Å². The Bertz CT molecular complexity index is 926. The van der Waals surface area contributed by atoms with Gasteiger partial charge in [0.15, 0.2) is 0 Å². The molecule has 2 amide bonds. The molecule has 6 nitrogen and oxygen atoms in total. The van der Waals surface area contributed by atoms with Crippen molar-refractivity contribution in [1.82, 2.24) is 5.32 Å². The molecule has 6 heteroatoms. The van der Waals surface area contributed by atoms with Crippen molar-refractivity contribution in [3.05, 3.63) is 65.2 Å². The zero-order valence-electron chi connectivity index (χ0n) is 18.7. The number of anilines is 1. The van der Waals surface area contributed by atoms with Crippen molar-refractivity contribution in [2.24, 2.45) is 0 Å². The second-order valence-electron chi connectivity index (χ2n) is 7.73. The molecule has 1 heterocycles. The lowest BCUT2D eigenvalue weighted by Crippen LogP contribution is -2.31. The molecule has 0 aliphatic carbocycles. The molecular formula is C26H32N2O4. The van der Waals surface area contributed by atoms with Crippen molar-refractivity contribution in [3.8, 4) is 0 Å². The summed E-state index contributed by atoms with van der Waals surface area (Å²) in [5.41, 5.74) is 4.21. The minimum absolute atomic E-state index is 0.0107. The molecule has 32 heavy (non-hydrogen) atoms. The SMILES string of the molecule is COCCOCCNC(=O)CCCCC(=O)N1Cc2ccccc2/C=C\c2ccccc21. The van der Waals surface area contributed by atoms with Gasteiger partial charge in [-0.05, 0) is 35.6 Å². The van der Waals surface area contributed by atoms with Gasteiger partial charge in [0.05, 0.1) is 32.1 Å². The average Bonchev–Trinajstić information content (AvgIpc) is 2.80. The first-order valence-electron chi connectivity index (χ1n) is 11.2. The van der Waals surface area contributed by atoms with Gasteiger partial charge in [0.25, 0.3) is 0 Å². The molecule has 2 aromatic carbocycles. The molecule has 0 saturated carbocycles. The third-order valence-electron chi connectivity index (χ3n) is 5.40. The van der Waals surface area contributed by atoms with Crippen molar-refractivity contribution in [2.75, 3.05) is 38.4 Å². The van der Waals surface area contributed by atoms with Crippen LogP contribution in [0.3, 0.4) is 0 Å². The van der Waals surface area contributed by atoms with Crippen LogP contribution in [0.25, 0.3) is 12.2 Å². The van der Waals surface area contributed by atoms with Crippen molar-refractivity contribution in [2.45, 2.75) is 32.2 Å². The van der Waals surface area contributed by atoms with E-state index < -0.39 is 0 Å². The Morgan fingerprint density at radius 3 is 2.47 bits per heavy atom. The van der Waals surface area contributed by atoms with E-state index in [1.807, 2.05) is 41.3 Å². The molecule has 1 aliphatic rings. The van der Waals surface area contributed by atoms with Crippen molar-refractivity contribution in [3.63, 3.8) is 0 Å². The van der Waals surface area contributed by atoms with Crippen LogP contribution in [0.2, 0.25) is 0 Å². The highest BCUT2D eigenvalue weighted by Gasteiger charge is 2.20. The summed E-state index contributed by atoms with van der Waals surface area (Å²) in [5, 5.41) is 2.84. The molecule has 3 rings (SSSR count). The first kappa shape index (κ1) is 23.7. The number of unbranched alkanes of at least 4 members (excludes halogenated alkanes) is 1. The fourth-order valence-corrected chi connectivity index (χ4v) is 3.66. The highest BCUT2D eigenvalue weighted by atomic mass is 16.5. The number of nitrogens with one attached hydrogen (secondary N) is 1. The summed E-state index contributed by atoms with van der Waals surface area (Å²) in [5.74, 6) is 0.0676. The number of carbonyl (C=O) groups is 2. The summed E-state index contributed by atoms with van der Waals surface area (Å²) in [7, 11) is 1.62. The van der Waals surface area contributed by atoms with Crippen LogP contribution in [0.5, 0.6) is 0 Å². The van der Waals surface area contributed by atoms with Crippen LogP contribution in [0.1, 0.15) is 42.4 Å². The topological polar surface area (TPSA) is 67.9 Å². The van der Waals surface area contributed by atoms with Crippen LogP contribution >= 0.6 is 0 Å². The number of methoxy groups -OCH3 is 1. The van der Waals surface area contributed by atoms with Gasteiger partial charge in [-0.15, -0.1) is 0 Å². The maximum atomic E-state index is 13.2. The van der Waals surface area contributed by atoms with Crippen LogP contribution in [0, 0.1) is 0 Å². The molecule has 2 aromatic rings. The molecule has 1 N–H and O–H groups in total. The maximum absolute atomic E-state index is 13.2. The zero-order chi connectivity index (χ0) is 22.6. The van der Waals surface area contributed by atoms with Gasteiger partial charge in [-0.25, -0.2) is 0 Å². The molecule has 0 saturated heterocycles. The number of fused-ring (bicyclic) bond motifs is 2. The van der Waals surface area contributed by atoms with E-state index in [1.54, 1.807) is 7.11 Å². The number of nitrogens with zero attached hydrogens (tertiary/aromatic N) is 1. The van der Waals surface area contributed by atoms with Gasteiger partial charge in [-0.2, -0.15) is 0 Å². The summed E-state index contributed by atoms with van der Waals surface area (Å²) in [6, 6.07) is 16.1. The van der Waals surface area contributed by atoms with Gasteiger partial charge >= 0.3 is 0 Å². The Labute approximate surface area is 190 Å². The van der Waals surface area contributed by atoms with E-state index in [0.29, 0.717) is 58.6 Å². The number of ether oxygens (including phenoxy) is 2. The van der Waals surface area contributed by atoms with E-state index in [9.17, 15) is 9.59 Å². The van der Waals surface area contributed by atoms with Gasteiger partial charge in [0, 0.05) is 26.5 Å². The Hall–Kier alpha value is -2.96. The van der Waals surface area contributed by atoms with E-state index in [-0.39, 0.29) is 11.8 Å².